The molecular weight excluding hydrogens is 453 g/mol. The first-order valence-corrected chi connectivity index (χ1v) is 12.7. The number of nitrogens with zero attached hydrogens (tertiary/aromatic N) is 3. The van der Waals surface area contributed by atoms with Crippen LogP contribution in [-0.4, -0.2) is 60.6 Å². The van der Waals surface area contributed by atoms with Crippen molar-refractivity contribution in [2.45, 2.75) is 69.7 Å². The van der Waals surface area contributed by atoms with E-state index in [4.69, 9.17) is 14.0 Å². The number of likely N-dealkylation sites (tertiary alicyclic amines) is 1. The van der Waals surface area contributed by atoms with Crippen molar-refractivity contribution in [3.05, 3.63) is 29.9 Å². The minimum Gasteiger partial charge on any atom is -0.444 e. The Labute approximate surface area is 193 Å². The Morgan fingerprint density at radius 1 is 1.30 bits per heavy atom. The molecule has 0 radical (unpaired) electrons. The predicted molar refractivity (Wildman–Crippen MR) is 118 cm³/mol. The average Bonchev–Trinajstić information content (AvgIpc) is 3.20. The van der Waals surface area contributed by atoms with Gasteiger partial charge in [-0.25, -0.2) is 17.6 Å². The second-order valence-corrected chi connectivity index (χ2v) is 11.1. The minimum absolute atomic E-state index is 0.0875. The summed E-state index contributed by atoms with van der Waals surface area (Å²) in [4.78, 5) is 17.8. The highest BCUT2D eigenvalue weighted by Gasteiger charge is 2.30. The summed E-state index contributed by atoms with van der Waals surface area (Å²) < 4.78 is 54.4. The Hall–Kier alpha value is -2.53. The van der Waals surface area contributed by atoms with E-state index in [0.29, 0.717) is 37.9 Å². The van der Waals surface area contributed by atoms with Crippen molar-refractivity contribution >= 4 is 15.9 Å². The number of sulfone groups is 1. The summed E-state index contributed by atoms with van der Waals surface area (Å²) in [5.74, 6) is -0.471. The van der Waals surface area contributed by atoms with Gasteiger partial charge in [0.2, 0.25) is 5.82 Å². The summed E-state index contributed by atoms with van der Waals surface area (Å²) in [5.41, 5.74) is -0.239. The lowest BCUT2D eigenvalue weighted by atomic mass is 10.1. The summed E-state index contributed by atoms with van der Waals surface area (Å²) in [6.07, 6.45) is 1.95. The molecule has 1 atom stereocenters. The van der Waals surface area contributed by atoms with Crippen LogP contribution in [0, 0.1) is 5.82 Å². The highest BCUT2D eigenvalue weighted by Crippen LogP contribution is 2.28. The van der Waals surface area contributed by atoms with Crippen molar-refractivity contribution < 1.29 is 31.6 Å². The molecule has 0 saturated carbocycles. The first-order chi connectivity index (χ1) is 15.4. The fraction of sp³-hybridized carbons (Fsp3) is 0.591. The van der Waals surface area contributed by atoms with Gasteiger partial charge in [-0.3, -0.25) is 0 Å². The molecule has 33 heavy (non-hydrogen) atoms. The minimum atomic E-state index is -3.67. The maximum Gasteiger partial charge on any atom is 0.410 e. The second kappa shape index (κ2) is 9.76. The van der Waals surface area contributed by atoms with Crippen molar-refractivity contribution in [1.29, 1.82) is 0 Å². The summed E-state index contributed by atoms with van der Waals surface area (Å²) in [6.45, 7) is 8.47. The lowest BCUT2D eigenvalue weighted by molar-refractivity contribution is -0.0596. The molecule has 1 aromatic heterocycles. The smallest absolute Gasteiger partial charge is 0.410 e. The quantitative estimate of drug-likeness (QED) is 0.602. The van der Waals surface area contributed by atoms with Crippen molar-refractivity contribution in [3.63, 3.8) is 0 Å². The third-order valence-corrected chi connectivity index (χ3v) is 6.26. The monoisotopic (exact) mass is 483 g/mol. The molecule has 1 aliphatic rings. The van der Waals surface area contributed by atoms with Gasteiger partial charge in [0, 0.05) is 24.9 Å². The van der Waals surface area contributed by atoms with Gasteiger partial charge in [0.1, 0.15) is 22.4 Å². The van der Waals surface area contributed by atoms with Crippen molar-refractivity contribution in [2.75, 3.05) is 19.3 Å². The maximum absolute atomic E-state index is 14.2. The largest absolute Gasteiger partial charge is 0.444 e. The number of benzene rings is 1. The molecule has 2 heterocycles. The van der Waals surface area contributed by atoms with Crippen LogP contribution in [0.4, 0.5) is 9.18 Å². The number of piperidine rings is 1. The van der Waals surface area contributed by atoms with E-state index in [1.165, 1.54) is 12.1 Å². The predicted octanol–water partition coefficient (Wildman–Crippen LogP) is 4.15. The Morgan fingerprint density at radius 3 is 2.52 bits per heavy atom. The van der Waals surface area contributed by atoms with Gasteiger partial charge in [-0.1, -0.05) is 12.1 Å². The van der Waals surface area contributed by atoms with Crippen LogP contribution >= 0.6 is 0 Å². The number of hydrogen-bond donors (Lipinski definition) is 0. The molecule has 0 bridgehead atoms. The summed E-state index contributed by atoms with van der Waals surface area (Å²) in [5, 5.41) is 3.90. The number of ether oxygens (including phenoxy) is 2. The number of halogens is 1. The van der Waals surface area contributed by atoms with E-state index in [2.05, 4.69) is 10.1 Å². The molecule has 182 valence electrons. The van der Waals surface area contributed by atoms with Crippen molar-refractivity contribution in [1.82, 2.24) is 15.0 Å². The van der Waals surface area contributed by atoms with Crippen LogP contribution in [0.5, 0.6) is 0 Å². The normalized spacial score (nSPS) is 16.6. The Balaban J connectivity index is 1.63. The van der Waals surface area contributed by atoms with Crippen LogP contribution in [-0.2, 0) is 19.3 Å². The molecule has 1 amide bonds. The second-order valence-electron chi connectivity index (χ2n) is 9.07. The summed E-state index contributed by atoms with van der Waals surface area (Å²) in [7, 11) is -3.67. The van der Waals surface area contributed by atoms with Crippen molar-refractivity contribution in [2.24, 2.45) is 0 Å². The van der Waals surface area contributed by atoms with Gasteiger partial charge in [-0.15, -0.1) is 0 Å². The van der Waals surface area contributed by atoms with Crippen LogP contribution in [0.15, 0.2) is 27.6 Å². The van der Waals surface area contributed by atoms with Crippen LogP contribution in [0.2, 0.25) is 0 Å². The molecule has 0 aliphatic carbocycles. The number of carbonyl (C=O) groups excluding carboxylic acids is 1. The highest BCUT2D eigenvalue weighted by atomic mass is 32.2. The van der Waals surface area contributed by atoms with E-state index >= 15 is 0 Å². The van der Waals surface area contributed by atoms with E-state index in [0.717, 1.165) is 12.3 Å². The van der Waals surface area contributed by atoms with Gasteiger partial charge in [0.25, 0.3) is 5.89 Å². The third kappa shape index (κ3) is 6.50. The molecule has 1 aromatic carbocycles. The lowest BCUT2D eigenvalue weighted by Gasteiger charge is -2.34. The van der Waals surface area contributed by atoms with Gasteiger partial charge in [-0.05, 0) is 58.2 Å². The topological polar surface area (TPSA) is 112 Å². The Morgan fingerprint density at radius 2 is 1.97 bits per heavy atom. The van der Waals surface area contributed by atoms with Crippen LogP contribution in [0.25, 0.3) is 11.4 Å². The molecule has 1 aliphatic heterocycles. The van der Waals surface area contributed by atoms with E-state index in [9.17, 15) is 17.6 Å². The van der Waals surface area contributed by atoms with E-state index in [1.807, 2.05) is 27.7 Å². The zero-order valence-electron chi connectivity index (χ0n) is 19.5. The molecule has 1 fully saturated rings. The van der Waals surface area contributed by atoms with E-state index in [-0.39, 0.29) is 28.8 Å². The number of hydrogen-bond acceptors (Lipinski definition) is 8. The van der Waals surface area contributed by atoms with Gasteiger partial charge in [-0.2, -0.15) is 4.98 Å². The zero-order valence-corrected chi connectivity index (χ0v) is 20.3. The first kappa shape index (κ1) is 25.1. The van der Waals surface area contributed by atoms with Gasteiger partial charge in [0.15, 0.2) is 9.84 Å². The van der Waals surface area contributed by atoms with E-state index < -0.39 is 27.4 Å². The third-order valence-electron chi connectivity index (χ3n) is 5.13. The Kier molecular flexibility index (Phi) is 7.42. The molecule has 0 N–H and O–H groups in total. The SMILES string of the molecule is CCC(OC1CCN(C(=O)OC(C)(C)C)CC1)c1nc(-c2ccc(S(C)(=O)=O)c(F)c2)no1. The number of rotatable bonds is 6. The van der Waals surface area contributed by atoms with Gasteiger partial charge in [0.05, 0.1) is 6.10 Å². The molecular formula is C22H30FN3O6S. The fourth-order valence-electron chi connectivity index (χ4n) is 3.49. The first-order valence-electron chi connectivity index (χ1n) is 10.8. The zero-order chi connectivity index (χ0) is 24.4. The summed E-state index contributed by atoms with van der Waals surface area (Å²) >= 11 is 0. The number of amides is 1. The number of carbonyl (C=O) groups is 1. The molecule has 9 nitrogen and oxygen atoms in total. The van der Waals surface area contributed by atoms with Crippen LogP contribution in [0.3, 0.4) is 0 Å². The average molecular weight is 484 g/mol. The summed E-state index contributed by atoms with van der Waals surface area (Å²) in [6, 6.07) is 3.68. The van der Waals surface area contributed by atoms with Crippen LogP contribution < -0.4 is 0 Å². The lowest BCUT2D eigenvalue weighted by Crippen LogP contribution is -2.43. The number of aromatic nitrogens is 2. The molecule has 2 aromatic rings. The van der Waals surface area contributed by atoms with Gasteiger partial charge >= 0.3 is 6.09 Å². The molecule has 1 unspecified atom stereocenters. The standard InChI is InChI=1S/C22H30FN3O6S/c1-6-17(30-15-9-11-26(12-10-15)21(27)31-22(2,3)4)20-24-19(25-32-20)14-7-8-18(16(23)13-14)33(5,28)29/h7-8,13,15,17H,6,9-12H2,1-5H3. The maximum atomic E-state index is 14.2. The molecule has 0 spiro atoms. The molecule has 11 heteroatoms. The van der Waals surface area contributed by atoms with Crippen LogP contribution in [0.1, 0.15) is 59.0 Å². The van der Waals surface area contributed by atoms with Gasteiger partial charge < -0.3 is 18.9 Å². The molecule has 3 rings (SSSR count). The highest BCUT2D eigenvalue weighted by molar-refractivity contribution is 7.90. The Bertz CT molecular complexity index is 1090. The molecule has 1 saturated heterocycles. The van der Waals surface area contributed by atoms with Crippen molar-refractivity contribution in [3.8, 4) is 11.4 Å². The fourth-order valence-corrected chi connectivity index (χ4v) is 4.21. The van der Waals surface area contributed by atoms with E-state index in [1.54, 1.807) is 4.90 Å².